The maximum atomic E-state index is 14.4. The van der Waals surface area contributed by atoms with Crippen LogP contribution < -0.4 is 15.0 Å². The Hall–Kier alpha value is -3.86. The van der Waals surface area contributed by atoms with Crippen molar-refractivity contribution in [3.63, 3.8) is 0 Å². The van der Waals surface area contributed by atoms with E-state index in [2.05, 4.69) is 5.32 Å². The highest BCUT2D eigenvalue weighted by Crippen LogP contribution is 2.61. The van der Waals surface area contributed by atoms with Gasteiger partial charge >= 0.3 is 5.69 Å². The minimum Gasteiger partial charge on any atom is -0.490 e. The van der Waals surface area contributed by atoms with Gasteiger partial charge in [-0.05, 0) is 50.1 Å². The summed E-state index contributed by atoms with van der Waals surface area (Å²) in [5, 5.41) is 14.2. The number of methoxy groups -OCH3 is 1. The normalized spacial score (nSPS) is 28.9. The number of hydrogen-bond acceptors (Lipinski definition) is 7. The first-order valence-electron chi connectivity index (χ1n) is 11.3. The molecule has 11 heteroatoms. The number of halogens is 1. The second kappa shape index (κ2) is 7.08. The number of carbonyl (C=O) groups is 3. The molecule has 0 aliphatic carbocycles. The number of imide groups is 1. The topological polar surface area (TPSA) is 122 Å². The summed E-state index contributed by atoms with van der Waals surface area (Å²) in [6, 6.07) is 6.19. The summed E-state index contributed by atoms with van der Waals surface area (Å²) in [5.41, 5.74) is -0.472. The van der Waals surface area contributed by atoms with E-state index in [0.29, 0.717) is 29.8 Å². The Bertz CT molecular complexity index is 1360. The molecule has 6 rings (SSSR count). The third-order valence-corrected chi connectivity index (χ3v) is 7.89. The van der Waals surface area contributed by atoms with E-state index in [1.54, 1.807) is 6.92 Å². The van der Waals surface area contributed by atoms with Crippen molar-refractivity contribution in [2.75, 3.05) is 23.9 Å². The minimum absolute atomic E-state index is 0.0866. The van der Waals surface area contributed by atoms with Gasteiger partial charge in [-0.3, -0.25) is 29.4 Å². The molecular weight excluding hydrogens is 459 g/mol. The van der Waals surface area contributed by atoms with Crippen molar-refractivity contribution in [1.82, 2.24) is 4.90 Å². The Labute approximate surface area is 198 Å². The van der Waals surface area contributed by atoms with Gasteiger partial charge in [-0.25, -0.2) is 9.29 Å². The number of fused-ring (bicyclic) bond motifs is 7. The summed E-state index contributed by atoms with van der Waals surface area (Å²) in [7, 11) is 1.27. The van der Waals surface area contributed by atoms with Crippen LogP contribution in [0.5, 0.6) is 5.75 Å². The SMILES string of the molecule is COc1cc(N2C(=O)[C@@H]3[C@@H](C2=O)[C@]2(C(=O)Nc4ccc(F)cc42)N2CCC[C@@H]32)c(C)cc1[N+](=O)[O-]. The Morgan fingerprint density at radius 3 is 2.69 bits per heavy atom. The van der Waals surface area contributed by atoms with Crippen LogP contribution >= 0.6 is 0 Å². The van der Waals surface area contributed by atoms with Crippen molar-refractivity contribution in [3.05, 3.63) is 57.4 Å². The molecule has 1 spiro atoms. The first-order valence-corrected chi connectivity index (χ1v) is 11.3. The summed E-state index contributed by atoms with van der Waals surface area (Å²) in [6.45, 7) is 2.08. The lowest BCUT2D eigenvalue weighted by Gasteiger charge is -2.36. The number of nitrogens with zero attached hydrogens (tertiary/aromatic N) is 3. The van der Waals surface area contributed by atoms with Crippen LogP contribution in [0.4, 0.5) is 21.5 Å². The second-order valence-corrected chi connectivity index (χ2v) is 9.40. The number of carbonyl (C=O) groups excluding carboxylic acids is 3. The van der Waals surface area contributed by atoms with E-state index in [4.69, 9.17) is 4.74 Å². The van der Waals surface area contributed by atoms with Crippen LogP contribution in [0.1, 0.15) is 24.0 Å². The molecule has 4 heterocycles. The quantitative estimate of drug-likeness (QED) is 0.407. The number of benzene rings is 2. The van der Waals surface area contributed by atoms with Crippen LogP contribution in [-0.2, 0) is 19.9 Å². The summed E-state index contributed by atoms with van der Waals surface area (Å²) in [5.74, 6) is -3.97. The molecule has 4 aliphatic rings. The number of amides is 3. The van der Waals surface area contributed by atoms with Gasteiger partial charge in [-0.1, -0.05) is 0 Å². The maximum absolute atomic E-state index is 14.4. The van der Waals surface area contributed by atoms with E-state index in [0.717, 1.165) is 11.3 Å². The number of nitrogens with one attached hydrogen (secondary N) is 1. The highest BCUT2D eigenvalue weighted by atomic mass is 19.1. The first kappa shape index (κ1) is 21.7. The average Bonchev–Trinajstić information content (AvgIpc) is 3.52. The molecule has 2 aromatic carbocycles. The smallest absolute Gasteiger partial charge is 0.311 e. The van der Waals surface area contributed by atoms with E-state index in [1.807, 2.05) is 4.90 Å². The summed E-state index contributed by atoms with van der Waals surface area (Å²) >= 11 is 0. The third kappa shape index (κ3) is 2.53. The van der Waals surface area contributed by atoms with E-state index in [9.17, 15) is 28.9 Å². The number of nitro groups is 1. The van der Waals surface area contributed by atoms with Crippen molar-refractivity contribution in [2.45, 2.75) is 31.3 Å². The molecule has 0 aromatic heterocycles. The molecule has 1 N–H and O–H groups in total. The molecule has 0 bridgehead atoms. The van der Waals surface area contributed by atoms with Crippen molar-refractivity contribution >= 4 is 34.8 Å². The van der Waals surface area contributed by atoms with Crippen molar-refractivity contribution in [2.24, 2.45) is 11.8 Å². The molecule has 4 aliphatic heterocycles. The molecule has 10 nitrogen and oxygen atoms in total. The highest BCUT2D eigenvalue weighted by molar-refractivity contribution is 6.26. The summed E-state index contributed by atoms with van der Waals surface area (Å²) in [4.78, 5) is 55.2. The van der Waals surface area contributed by atoms with Crippen LogP contribution in [0.3, 0.4) is 0 Å². The predicted octanol–water partition coefficient (Wildman–Crippen LogP) is 2.48. The number of aryl methyl sites for hydroxylation is 1. The zero-order chi connectivity index (χ0) is 24.8. The fourth-order valence-electron chi connectivity index (χ4n) is 6.62. The Morgan fingerprint density at radius 2 is 1.97 bits per heavy atom. The highest BCUT2D eigenvalue weighted by Gasteiger charge is 2.74. The van der Waals surface area contributed by atoms with Crippen LogP contribution in [-0.4, -0.2) is 47.2 Å². The number of anilines is 2. The van der Waals surface area contributed by atoms with Gasteiger partial charge in [0.15, 0.2) is 5.75 Å². The number of ether oxygens (including phenoxy) is 1. The molecule has 3 saturated heterocycles. The van der Waals surface area contributed by atoms with Gasteiger partial charge in [-0.2, -0.15) is 0 Å². The number of rotatable bonds is 3. The van der Waals surface area contributed by atoms with Crippen LogP contribution in [0.15, 0.2) is 30.3 Å². The fourth-order valence-corrected chi connectivity index (χ4v) is 6.62. The molecule has 35 heavy (non-hydrogen) atoms. The lowest BCUT2D eigenvalue weighted by atomic mass is 9.75. The lowest BCUT2D eigenvalue weighted by Crippen LogP contribution is -2.54. The molecule has 180 valence electrons. The Kier molecular flexibility index (Phi) is 4.38. The van der Waals surface area contributed by atoms with Crippen LogP contribution in [0.2, 0.25) is 0 Å². The van der Waals surface area contributed by atoms with Crippen molar-refractivity contribution in [3.8, 4) is 5.75 Å². The van der Waals surface area contributed by atoms with Gasteiger partial charge < -0.3 is 10.1 Å². The van der Waals surface area contributed by atoms with Crippen LogP contribution in [0.25, 0.3) is 0 Å². The molecule has 3 fully saturated rings. The van der Waals surface area contributed by atoms with E-state index < -0.39 is 45.8 Å². The molecule has 3 amide bonds. The van der Waals surface area contributed by atoms with Crippen molar-refractivity contribution in [1.29, 1.82) is 0 Å². The van der Waals surface area contributed by atoms with Gasteiger partial charge in [0.25, 0.3) is 0 Å². The van der Waals surface area contributed by atoms with Crippen LogP contribution in [0, 0.1) is 34.7 Å². The minimum atomic E-state index is -1.50. The van der Waals surface area contributed by atoms with Crippen molar-refractivity contribution < 1.29 is 28.4 Å². The Balaban J connectivity index is 1.54. The van der Waals surface area contributed by atoms with E-state index >= 15 is 0 Å². The second-order valence-electron chi connectivity index (χ2n) is 9.40. The zero-order valence-electron chi connectivity index (χ0n) is 18.9. The van der Waals surface area contributed by atoms with Gasteiger partial charge in [0.2, 0.25) is 17.7 Å². The molecular formula is C24H21FN4O6. The average molecular weight is 480 g/mol. The van der Waals surface area contributed by atoms with Gasteiger partial charge in [-0.15, -0.1) is 0 Å². The lowest BCUT2D eigenvalue weighted by molar-refractivity contribution is -0.385. The monoisotopic (exact) mass is 480 g/mol. The van der Waals surface area contributed by atoms with E-state index in [1.165, 1.54) is 37.4 Å². The predicted molar refractivity (Wildman–Crippen MR) is 120 cm³/mol. The number of hydrogen-bond donors (Lipinski definition) is 1. The summed E-state index contributed by atoms with van der Waals surface area (Å²) < 4.78 is 19.5. The first-order chi connectivity index (χ1) is 16.7. The molecule has 0 saturated carbocycles. The molecule has 0 radical (unpaired) electrons. The largest absolute Gasteiger partial charge is 0.490 e. The molecule has 2 aromatic rings. The maximum Gasteiger partial charge on any atom is 0.311 e. The molecule has 0 unspecified atom stereocenters. The zero-order valence-corrected chi connectivity index (χ0v) is 18.9. The standard InChI is InChI=1S/C24H21FN4O6/c1-11-8-17(29(33)34)18(35-2)10-16(11)28-21(30)19-15-4-3-7-27(15)24(20(19)22(28)31)13-9-12(25)5-6-14(13)26-23(24)32/h5-6,8-10,15,19-20H,3-4,7H2,1-2H3,(H,26,32)/t15-,19-,20-,24+/m0/s1. The number of nitro benzene ring substituents is 1. The third-order valence-electron chi connectivity index (χ3n) is 7.89. The fraction of sp³-hybridized carbons (Fsp3) is 0.375. The van der Waals surface area contributed by atoms with Gasteiger partial charge in [0.1, 0.15) is 11.4 Å². The molecule has 4 atom stereocenters. The summed E-state index contributed by atoms with van der Waals surface area (Å²) in [6.07, 6.45) is 1.36. The van der Waals surface area contributed by atoms with E-state index in [-0.39, 0.29) is 23.2 Å². The Morgan fingerprint density at radius 1 is 1.20 bits per heavy atom. The van der Waals surface area contributed by atoms with Gasteiger partial charge in [0.05, 0.1) is 29.6 Å². The van der Waals surface area contributed by atoms with Gasteiger partial charge in [0, 0.05) is 29.4 Å².